The van der Waals surface area contributed by atoms with Crippen LogP contribution in [0.3, 0.4) is 0 Å². The van der Waals surface area contributed by atoms with Crippen molar-refractivity contribution in [3.05, 3.63) is 42.1 Å². The first-order valence-electron chi connectivity index (χ1n) is 5.35. The predicted molar refractivity (Wildman–Crippen MR) is 65.6 cm³/mol. The van der Waals surface area contributed by atoms with Crippen molar-refractivity contribution in [2.24, 2.45) is 5.73 Å². The number of nitrogen functional groups attached to an aromatic ring is 1. The van der Waals surface area contributed by atoms with Gasteiger partial charge in [0.2, 0.25) is 5.95 Å². The van der Waals surface area contributed by atoms with Gasteiger partial charge in [-0.3, -0.25) is 4.57 Å². The highest BCUT2D eigenvalue weighted by atomic mass is 19.1. The van der Waals surface area contributed by atoms with Gasteiger partial charge in [-0.1, -0.05) is 6.07 Å². The second kappa shape index (κ2) is 3.81. The van der Waals surface area contributed by atoms with Crippen LogP contribution in [0.5, 0.6) is 0 Å². The molecular formula is C11H11FN6. The van der Waals surface area contributed by atoms with Gasteiger partial charge in [-0.05, 0) is 18.2 Å². The Hall–Kier alpha value is -2.41. The molecule has 0 radical (unpaired) electrons. The molecule has 2 heterocycles. The summed E-state index contributed by atoms with van der Waals surface area (Å²) < 4.78 is 14.8. The van der Waals surface area contributed by atoms with Gasteiger partial charge in [0.1, 0.15) is 12.0 Å². The van der Waals surface area contributed by atoms with Gasteiger partial charge in [-0.15, -0.1) is 10.2 Å². The zero-order chi connectivity index (χ0) is 12.7. The van der Waals surface area contributed by atoms with Crippen molar-refractivity contribution in [3.63, 3.8) is 0 Å². The molecule has 0 fully saturated rings. The molecule has 92 valence electrons. The molecule has 1 aliphatic heterocycles. The minimum Gasteiger partial charge on any atom is -0.368 e. The Morgan fingerprint density at radius 2 is 2.06 bits per heavy atom. The van der Waals surface area contributed by atoms with Crippen molar-refractivity contribution < 1.29 is 4.39 Å². The number of nitrogens with zero attached hydrogens (tertiary/aromatic N) is 4. The Labute approximate surface area is 102 Å². The third-order valence-corrected chi connectivity index (χ3v) is 2.80. The maximum absolute atomic E-state index is 13.2. The van der Waals surface area contributed by atoms with Gasteiger partial charge in [-0.25, -0.2) is 4.39 Å². The molecule has 2 aromatic rings. The molecule has 1 atom stereocenters. The highest BCUT2D eigenvalue weighted by molar-refractivity contribution is 5.56. The number of halogens is 1. The lowest BCUT2D eigenvalue weighted by Gasteiger charge is -2.29. The second-order valence-corrected chi connectivity index (χ2v) is 3.92. The van der Waals surface area contributed by atoms with Crippen molar-refractivity contribution in [2.75, 3.05) is 10.6 Å². The summed E-state index contributed by atoms with van der Waals surface area (Å²) in [4.78, 5) is 1.70. The Morgan fingerprint density at radius 1 is 1.22 bits per heavy atom. The average molecular weight is 246 g/mol. The van der Waals surface area contributed by atoms with Crippen LogP contribution in [0.4, 0.5) is 16.0 Å². The van der Waals surface area contributed by atoms with Crippen LogP contribution in [-0.2, 0) is 0 Å². The molecule has 3 rings (SSSR count). The monoisotopic (exact) mass is 246 g/mol. The molecule has 0 amide bonds. The Balaban J connectivity index is 2.03. The van der Waals surface area contributed by atoms with Crippen molar-refractivity contribution in [3.8, 4) is 0 Å². The quantitative estimate of drug-likeness (QED) is 0.781. The molecule has 1 aliphatic rings. The summed E-state index contributed by atoms with van der Waals surface area (Å²) in [5.41, 5.74) is 12.3. The van der Waals surface area contributed by atoms with E-state index in [9.17, 15) is 4.39 Å². The zero-order valence-corrected chi connectivity index (χ0v) is 9.36. The van der Waals surface area contributed by atoms with E-state index in [2.05, 4.69) is 10.2 Å². The number of hydrogen-bond donors (Lipinski definition) is 2. The van der Waals surface area contributed by atoms with E-state index in [0.29, 0.717) is 11.5 Å². The topological polar surface area (TPSA) is 86.0 Å². The van der Waals surface area contributed by atoms with Crippen molar-refractivity contribution in [1.82, 2.24) is 14.8 Å². The van der Waals surface area contributed by atoms with E-state index in [1.165, 1.54) is 12.1 Å². The van der Waals surface area contributed by atoms with E-state index >= 15 is 0 Å². The summed E-state index contributed by atoms with van der Waals surface area (Å²) in [6.45, 7) is 0. The van der Waals surface area contributed by atoms with Crippen LogP contribution in [-0.4, -0.2) is 14.8 Å². The van der Waals surface area contributed by atoms with Crippen molar-refractivity contribution >= 4 is 17.8 Å². The average Bonchev–Trinajstić information content (AvgIpc) is 2.73. The standard InChI is InChI=1S/C11H11FN6/c12-7-2-1-3-8(6-7)17-4-5-18-10(9(17)13)15-16-11(18)14/h1-6,9H,13H2,(H2,14,16). The lowest BCUT2D eigenvalue weighted by Crippen LogP contribution is -2.35. The molecule has 0 aliphatic carbocycles. The van der Waals surface area contributed by atoms with Crippen LogP contribution < -0.4 is 16.4 Å². The maximum atomic E-state index is 13.2. The Kier molecular flexibility index (Phi) is 2.27. The Bertz CT molecular complexity index is 620. The van der Waals surface area contributed by atoms with E-state index in [1.54, 1.807) is 34.0 Å². The van der Waals surface area contributed by atoms with Crippen LogP contribution >= 0.6 is 0 Å². The molecule has 0 saturated heterocycles. The van der Waals surface area contributed by atoms with E-state index in [0.717, 1.165) is 0 Å². The molecule has 1 aromatic carbocycles. The number of hydrogen-bond acceptors (Lipinski definition) is 5. The lowest BCUT2D eigenvalue weighted by molar-refractivity contribution is 0.620. The Morgan fingerprint density at radius 3 is 2.83 bits per heavy atom. The molecule has 0 spiro atoms. The van der Waals surface area contributed by atoms with Gasteiger partial charge in [0.15, 0.2) is 5.82 Å². The van der Waals surface area contributed by atoms with Gasteiger partial charge in [0, 0.05) is 18.1 Å². The molecule has 18 heavy (non-hydrogen) atoms. The van der Waals surface area contributed by atoms with Gasteiger partial charge in [0.05, 0.1) is 0 Å². The van der Waals surface area contributed by atoms with Gasteiger partial charge < -0.3 is 16.4 Å². The SMILES string of the molecule is Nc1nnc2n1C=CN(c1cccc(F)c1)C2N. The predicted octanol–water partition coefficient (Wildman–Crippen LogP) is 0.905. The summed E-state index contributed by atoms with van der Waals surface area (Å²) in [5.74, 6) is 0.467. The minimum absolute atomic E-state index is 0.274. The molecule has 0 bridgehead atoms. The fourth-order valence-corrected chi connectivity index (χ4v) is 1.91. The van der Waals surface area contributed by atoms with Crippen molar-refractivity contribution in [1.29, 1.82) is 0 Å². The zero-order valence-electron chi connectivity index (χ0n) is 9.36. The third-order valence-electron chi connectivity index (χ3n) is 2.80. The number of aromatic nitrogens is 3. The van der Waals surface area contributed by atoms with Gasteiger partial charge >= 0.3 is 0 Å². The number of nitrogens with two attached hydrogens (primary N) is 2. The largest absolute Gasteiger partial charge is 0.368 e. The fraction of sp³-hybridized carbons (Fsp3) is 0.0909. The summed E-state index contributed by atoms with van der Waals surface area (Å²) >= 11 is 0. The second-order valence-electron chi connectivity index (χ2n) is 3.92. The smallest absolute Gasteiger partial charge is 0.226 e. The van der Waals surface area contributed by atoms with Crippen LogP contribution in [0.25, 0.3) is 6.20 Å². The van der Waals surface area contributed by atoms with Crippen molar-refractivity contribution in [2.45, 2.75) is 6.17 Å². The van der Waals surface area contributed by atoms with E-state index in [1.807, 2.05) is 0 Å². The third kappa shape index (κ3) is 1.52. The first kappa shape index (κ1) is 10.7. The van der Waals surface area contributed by atoms with Crippen LogP contribution in [0.15, 0.2) is 30.5 Å². The molecule has 4 N–H and O–H groups in total. The maximum Gasteiger partial charge on any atom is 0.226 e. The van der Waals surface area contributed by atoms with E-state index in [-0.39, 0.29) is 11.8 Å². The van der Waals surface area contributed by atoms with Crippen LogP contribution in [0, 0.1) is 5.82 Å². The van der Waals surface area contributed by atoms with Crippen LogP contribution in [0.2, 0.25) is 0 Å². The highest BCUT2D eigenvalue weighted by Crippen LogP contribution is 2.28. The molecule has 6 nitrogen and oxygen atoms in total. The number of anilines is 2. The first-order chi connectivity index (χ1) is 8.66. The summed E-state index contributed by atoms with van der Waals surface area (Å²) in [6, 6.07) is 6.17. The number of fused-ring (bicyclic) bond motifs is 1. The van der Waals surface area contributed by atoms with Gasteiger partial charge in [0.25, 0.3) is 0 Å². The fourth-order valence-electron chi connectivity index (χ4n) is 1.91. The molecule has 1 unspecified atom stereocenters. The van der Waals surface area contributed by atoms with Gasteiger partial charge in [-0.2, -0.15) is 0 Å². The lowest BCUT2D eigenvalue weighted by atomic mass is 10.2. The summed E-state index contributed by atoms with van der Waals surface area (Å²) in [6.07, 6.45) is 2.85. The molecule has 7 heteroatoms. The molecule has 1 aromatic heterocycles. The minimum atomic E-state index is -0.554. The molecular weight excluding hydrogens is 235 g/mol. The van der Waals surface area contributed by atoms with E-state index in [4.69, 9.17) is 11.5 Å². The highest BCUT2D eigenvalue weighted by Gasteiger charge is 2.25. The van der Waals surface area contributed by atoms with Crippen LogP contribution in [0.1, 0.15) is 12.0 Å². The first-order valence-corrected chi connectivity index (χ1v) is 5.35. The normalized spacial score (nSPS) is 17.9. The summed E-state index contributed by atoms with van der Waals surface area (Å²) in [7, 11) is 0. The number of benzene rings is 1. The van der Waals surface area contributed by atoms with E-state index < -0.39 is 6.17 Å². The summed E-state index contributed by atoms with van der Waals surface area (Å²) in [5, 5.41) is 7.66. The molecule has 0 saturated carbocycles. The number of rotatable bonds is 1.